The number of benzene rings is 2. The van der Waals surface area contributed by atoms with Crippen LogP contribution in [0.5, 0.6) is 23.0 Å². The van der Waals surface area contributed by atoms with Crippen LogP contribution in [-0.4, -0.2) is 55.3 Å². The van der Waals surface area contributed by atoms with Gasteiger partial charge in [-0.15, -0.1) is 0 Å². The third-order valence-electron chi connectivity index (χ3n) is 6.88. The maximum atomic E-state index is 6.43. The second-order valence-corrected chi connectivity index (χ2v) is 10.2. The van der Waals surface area contributed by atoms with Crippen molar-refractivity contribution in [2.75, 3.05) is 39.7 Å². The Bertz CT molecular complexity index is 1200. The molecule has 38 heavy (non-hydrogen) atoms. The standard InChI is InChI=1S/C28H34Cl2N4O4/c1-17(2)34-10-8-18(9-11-34)19-6-7-22(23(12-19)35-3)33-28-31-14-20(15-32-28)38-16-21-26(29)24(36-4)13-25(37-5)27(21)30/h6-7,12-15,17-18H,8-11,16H2,1-5H3,(H,31,32,33). The third kappa shape index (κ3) is 6.37. The number of piperidine rings is 1. The number of nitrogens with zero attached hydrogens (tertiary/aromatic N) is 3. The van der Waals surface area contributed by atoms with Crippen molar-refractivity contribution in [1.82, 2.24) is 14.9 Å². The fraction of sp³-hybridized carbons (Fsp3) is 0.429. The minimum atomic E-state index is 0.0900. The number of likely N-dealkylation sites (tertiary alicyclic amines) is 1. The van der Waals surface area contributed by atoms with Crippen molar-refractivity contribution in [2.45, 2.75) is 45.3 Å². The van der Waals surface area contributed by atoms with Crippen molar-refractivity contribution in [3.05, 3.63) is 57.8 Å². The SMILES string of the molecule is COc1cc(C2CCN(C(C)C)CC2)ccc1Nc1ncc(OCc2c(Cl)c(OC)cc(OC)c2Cl)cn1. The second kappa shape index (κ2) is 12.7. The van der Waals surface area contributed by atoms with Gasteiger partial charge in [0.2, 0.25) is 5.95 Å². The van der Waals surface area contributed by atoms with Crippen LogP contribution >= 0.6 is 23.2 Å². The van der Waals surface area contributed by atoms with E-state index in [1.54, 1.807) is 25.6 Å². The minimum Gasteiger partial charge on any atom is -0.495 e. The van der Waals surface area contributed by atoms with Gasteiger partial charge in [-0.2, -0.15) is 0 Å². The van der Waals surface area contributed by atoms with Crippen molar-refractivity contribution >= 4 is 34.8 Å². The van der Waals surface area contributed by atoms with Crippen LogP contribution in [0.15, 0.2) is 36.7 Å². The van der Waals surface area contributed by atoms with Gasteiger partial charge in [0, 0.05) is 17.7 Å². The average Bonchev–Trinajstić information content (AvgIpc) is 2.94. The molecule has 0 atom stereocenters. The van der Waals surface area contributed by atoms with E-state index >= 15 is 0 Å². The second-order valence-electron chi connectivity index (χ2n) is 9.41. The fourth-order valence-corrected chi connectivity index (χ4v) is 5.22. The summed E-state index contributed by atoms with van der Waals surface area (Å²) in [6, 6.07) is 8.53. The molecule has 0 aliphatic carbocycles. The summed E-state index contributed by atoms with van der Waals surface area (Å²) in [4.78, 5) is 11.3. The van der Waals surface area contributed by atoms with E-state index in [1.165, 1.54) is 19.8 Å². The molecule has 3 aromatic rings. The molecular formula is C28H34Cl2N4O4. The monoisotopic (exact) mass is 560 g/mol. The first kappa shape index (κ1) is 28.1. The Kier molecular flexibility index (Phi) is 9.41. The molecule has 0 unspecified atom stereocenters. The summed E-state index contributed by atoms with van der Waals surface area (Å²) in [5.74, 6) is 3.07. The van der Waals surface area contributed by atoms with Crippen LogP contribution in [0.25, 0.3) is 0 Å². The maximum Gasteiger partial charge on any atom is 0.227 e. The number of nitrogens with one attached hydrogen (secondary N) is 1. The maximum absolute atomic E-state index is 6.43. The number of ether oxygens (including phenoxy) is 4. The zero-order valence-corrected chi connectivity index (χ0v) is 23.9. The lowest BCUT2D eigenvalue weighted by atomic mass is 9.88. The Hall–Kier alpha value is -2.94. The number of aromatic nitrogens is 2. The average molecular weight is 562 g/mol. The Morgan fingerprint density at radius 3 is 2.08 bits per heavy atom. The molecule has 8 nitrogen and oxygen atoms in total. The van der Waals surface area contributed by atoms with E-state index in [4.69, 9.17) is 42.1 Å². The molecule has 0 amide bonds. The number of methoxy groups -OCH3 is 3. The number of halogens is 2. The molecule has 1 N–H and O–H groups in total. The molecule has 0 saturated carbocycles. The van der Waals surface area contributed by atoms with Gasteiger partial charge in [-0.1, -0.05) is 29.3 Å². The molecule has 1 fully saturated rings. The quantitative estimate of drug-likeness (QED) is 0.292. The van der Waals surface area contributed by atoms with Gasteiger partial charge in [0.05, 0.1) is 49.5 Å². The first-order valence-electron chi connectivity index (χ1n) is 12.6. The van der Waals surface area contributed by atoms with Gasteiger partial charge in [0.1, 0.15) is 23.9 Å². The van der Waals surface area contributed by atoms with Gasteiger partial charge < -0.3 is 29.2 Å². The topological polar surface area (TPSA) is 78.0 Å². The zero-order valence-electron chi connectivity index (χ0n) is 22.4. The molecule has 204 valence electrons. The van der Waals surface area contributed by atoms with Gasteiger partial charge in [0.25, 0.3) is 0 Å². The summed E-state index contributed by atoms with van der Waals surface area (Å²) in [7, 11) is 4.72. The molecule has 1 aromatic heterocycles. The zero-order chi connectivity index (χ0) is 27.2. The molecule has 1 aliphatic heterocycles. The first-order valence-corrected chi connectivity index (χ1v) is 13.3. The van der Waals surface area contributed by atoms with Crippen molar-refractivity contribution in [3.63, 3.8) is 0 Å². The molecule has 0 radical (unpaired) electrons. The van der Waals surface area contributed by atoms with Crippen molar-refractivity contribution in [3.8, 4) is 23.0 Å². The van der Waals surface area contributed by atoms with Crippen molar-refractivity contribution in [2.24, 2.45) is 0 Å². The van der Waals surface area contributed by atoms with Gasteiger partial charge in [-0.05, 0) is 63.4 Å². The Morgan fingerprint density at radius 2 is 1.53 bits per heavy atom. The predicted octanol–water partition coefficient (Wildman–Crippen LogP) is 6.72. The lowest BCUT2D eigenvalue weighted by molar-refractivity contribution is 0.172. The highest BCUT2D eigenvalue weighted by atomic mass is 35.5. The highest BCUT2D eigenvalue weighted by molar-refractivity contribution is 6.37. The first-order chi connectivity index (χ1) is 18.3. The van der Waals surface area contributed by atoms with Crippen LogP contribution in [0, 0.1) is 0 Å². The Balaban J connectivity index is 1.41. The highest BCUT2D eigenvalue weighted by Crippen LogP contribution is 2.41. The van der Waals surface area contributed by atoms with Crippen LogP contribution in [0.4, 0.5) is 11.6 Å². The predicted molar refractivity (Wildman–Crippen MR) is 151 cm³/mol. The van der Waals surface area contributed by atoms with E-state index in [-0.39, 0.29) is 6.61 Å². The molecule has 10 heteroatoms. The van der Waals surface area contributed by atoms with E-state index in [1.807, 2.05) is 6.07 Å². The van der Waals surface area contributed by atoms with Gasteiger partial charge in [-0.25, -0.2) is 9.97 Å². The number of hydrogen-bond acceptors (Lipinski definition) is 8. The summed E-state index contributed by atoms with van der Waals surface area (Å²) in [5, 5.41) is 3.96. The highest BCUT2D eigenvalue weighted by Gasteiger charge is 2.23. The summed E-state index contributed by atoms with van der Waals surface area (Å²) < 4.78 is 22.1. The van der Waals surface area contributed by atoms with E-state index in [0.29, 0.717) is 50.8 Å². The van der Waals surface area contributed by atoms with E-state index < -0.39 is 0 Å². The van der Waals surface area contributed by atoms with Gasteiger partial charge in [0.15, 0.2) is 5.75 Å². The van der Waals surface area contributed by atoms with Crippen LogP contribution in [0.1, 0.15) is 43.7 Å². The van der Waals surface area contributed by atoms with Crippen LogP contribution in [0.2, 0.25) is 10.0 Å². The van der Waals surface area contributed by atoms with Crippen molar-refractivity contribution in [1.29, 1.82) is 0 Å². The molecule has 4 rings (SSSR count). The largest absolute Gasteiger partial charge is 0.495 e. The molecule has 1 aliphatic rings. The van der Waals surface area contributed by atoms with Crippen LogP contribution < -0.4 is 24.3 Å². The van der Waals surface area contributed by atoms with Crippen LogP contribution in [0.3, 0.4) is 0 Å². The van der Waals surface area contributed by atoms with E-state index in [9.17, 15) is 0 Å². The van der Waals surface area contributed by atoms with E-state index in [0.717, 1.165) is 37.4 Å². The Morgan fingerprint density at radius 1 is 0.921 bits per heavy atom. The molecule has 0 bridgehead atoms. The van der Waals surface area contributed by atoms with Crippen LogP contribution in [-0.2, 0) is 6.61 Å². The number of anilines is 2. The molecular weight excluding hydrogens is 527 g/mol. The lowest BCUT2D eigenvalue weighted by Gasteiger charge is -2.35. The Labute approximate surface area is 234 Å². The molecule has 0 spiro atoms. The van der Waals surface area contributed by atoms with Gasteiger partial charge >= 0.3 is 0 Å². The summed E-state index contributed by atoms with van der Waals surface area (Å²) in [6.07, 6.45) is 5.46. The van der Waals surface area contributed by atoms with E-state index in [2.05, 4.69) is 46.2 Å². The van der Waals surface area contributed by atoms with Gasteiger partial charge in [-0.3, -0.25) is 0 Å². The lowest BCUT2D eigenvalue weighted by Crippen LogP contribution is -2.37. The summed E-state index contributed by atoms with van der Waals surface area (Å²) in [5.41, 5.74) is 2.64. The summed E-state index contributed by atoms with van der Waals surface area (Å²) >= 11 is 12.9. The number of rotatable bonds is 10. The summed E-state index contributed by atoms with van der Waals surface area (Å²) in [6.45, 7) is 6.85. The minimum absolute atomic E-state index is 0.0900. The third-order valence-corrected chi connectivity index (χ3v) is 7.71. The van der Waals surface area contributed by atoms with Crippen molar-refractivity contribution < 1.29 is 18.9 Å². The fourth-order valence-electron chi connectivity index (χ4n) is 4.61. The molecule has 2 aromatic carbocycles. The normalized spacial score (nSPS) is 14.4. The number of hydrogen-bond donors (Lipinski definition) is 1. The molecule has 1 saturated heterocycles. The molecule has 2 heterocycles. The smallest absolute Gasteiger partial charge is 0.227 e.